The number of aliphatic imine (C=N–C) groups is 1. The van der Waals surface area contributed by atoms with Crippen molar-refractivity contribution < 1.29 is 9.66 Å². The number of nitro benzene ring substituents is 1. The average molecular weight is 363 g/mol. The van der Waals surface area contributed by atoms with Gasteiger partial charge in [-0.2, -0.15) is 0 Å². The Labute approximate surface area is 154 Å². The fourth-order valence-corrected chi connectivity index (χ4v) is 2.45. The Kier molecular flexibility index (Phi) is 8.14. The van der Waals surface area contributed by atoms with Gasteiger partial charge in [0, 0.05) is 39.4 Å². The molecule has 8 heteroatoms. The Morgan fingerprint density at radius 2 is 2.19 bits per heavy atom. The normalized spacial score (nSPS) is 14.2. The van der Waals surface area contributed by atoms with E-state index in [-0.39, 0.29) is 10.6 Å². The van der Waals surface area contributed by atoms with Gasteiger partial charge < -0.3 is 20.3 Å². The van der Waals surface area contributed by atoms with Crippen LogP contribution in [0.15, 0.2) is 29.3 Å². The van der Waals surface area contributed by atoms with E-state index >= 15 is 0 Å². The molecule has 0 aliphatic heterocycles. The van der Waals surface area contributed by atoms with Gasteiger partial charge in [-0.05, 0) is 31.7 Å². The second-order valence-corrected chi connectivity index (χ2v) is 6.38. The molecule has 144 valence electrons. The SMILES string of the molecule is CCNC(=NCCNc1ccccc1[N+](=O)[O-])N(C)CCOCC1CC1. The van der Waals surface area contributed by atoms with E-state index in [1.807, 2.05) is 18.9 Å². The third-order valence-corrected chi connectivity index (χ3v) is 4.11. The van der Waals surface area contributed by atoms with E-state index in [2.05, 4.69) is 15.6 Å². The molecule has 1 aliphatic carbocycles. The molecule has 1 aromatic carbocycles. The highest BCUT2D eigenvalue weighted by Crippen LogP contribution is 2.28. The van der Waals surface area contributed by atoms with Crippen molar-refractivity contribution in [3.63, 3.8) is 0 Å². The van der Waals surface area contributed by atoms with Gasteiger partial charge in [0.2, 0.25) is 0 Å². The summed E-state index contributed by atoms with van der Waals surface area (Å²) in [5.41, 5.74) is 0.591. The predicted molar refractivity (Wildman–Crippen MR) is 104 cm³/mol. The Morgan fingerprint density at radius 1 is 1.42 bits per heavy atom. The highest BCUT2D eigenvalue weighted by Gasteiger charge is 2.21. The van der Waals surface area contributed by atoms with E-state index in [4.69, 9.17) is 4.74 Å². The standard InChI is InChI=1S/C18H29N5O3/c1-3-19-18(22(2)12-13-26-14-15-8-9-15)21-11-10-20-16-6-4-5-7-17(16)23(24)25/h4-7,15,20H,3,8-14H2,1-2H3,(H,19,21). The zero-order valence-corrected chi connectivity index (χ0v) is 15.6. The molecule has 0 heterocycles. The minimum atomic E-state index is -0.384. The maximum Gasteiger partial charge on any atom is 0.292 e. The molecular weight excluding hydrogens is 334 g/mol. The minimum absolute atomic E-state index is 0.0771. The number of ether oxygens (including phenoxy) is 1. The molecule has 2 rings (SSSR count). The lowest BCUT2D eigenvalue weighted by Gasteiger charge is -2.22. The first-order valence-corrected chi connectivity index (χ1v) is 9.16. The van der Waals surface area contributed by atoms with E-state index in [1.54, 1.807) is 18.2 Å². The van der Waals surface area contributed by atoms with Crippen LogP contribution in [0.1, 0.15) is 19.8 Å². The predicted octanol–water partition coefficient (Wildman–Crippen LogP) is 2.33. The molecule has 1 saturated carbocycles. The lowest BCUT2D eigenvalue weighted by Crippen LogP contribution is -2.41. The summed E-state index contributed by atoms with van der Waals surface area (Å²) in [4.78, 5) is 17.2. The molecule has 1 aromatic rings. The van der Waals surface area contributed by atoms with Crippen LogP contribution in [0.3, 0.4) is 0 Å². The zero-order valence-electron chi connectivity index (χ0n) is 15.6. The second kappa shape index (κ2) is 10.6. The number of hydrogen-bond acceptors (Lipinski definition) is 5. The van der Waals surface area contributed by atoms with Gasteiger partial charge in [-0.3, -0.25) is 15.1 Å². The smallest absolute Gasteiger partial charge is 0.292 e. The molecule has 0 saturated heterocycles. The molecule has 0 radical (unpaired) electrons. The summed E-state index contributed by atoms with van der Waals surface area (Å²) in [5, 5.41) is 17.4. The molecule has 0 atom stereocenters. The van der Waals surface area contributed by atoms with E-state index in [1.165, 1.54) is 18.9 Å². The van der Waals surface area contributed by atoms with Crippen molar-refractivity contribution in [2.45, 2.75) is 19.8 Å². The van der Waals surface area contributed by atoms with Crippen LogP contribution in [-0.2, 0) is 4.74 Å². The number of anilines is 1. The van der Waals surface area contributed by atoms with Gasteiger partial charge in [-0.1, -0.05) is 12.1 Å². The van der Waals surface area contributed by atoms with Gasteiger partial charge in [0.15, 0.2) is 5.96 Å². The van der Waals surface area contributed by atoms with Gasteiger partial charge in [0.1, 0.15) is 5.69 Å². The summed E-state index contributed by atoms with van der Waals surface area (Å²) in [7, 11) is 1.98. The highest BCUT2D eigenvalue weighted by atomic mass is 16.6. The van der Waals surface area contributed by atoms with Crippen LogP contribution in [0.4, 0.5) is 11.4 Å². The van der Waals surface area contributed by atoms with Gasteiger partial charge in [-0.15, -0.1) is 0 Å². The summed E-state index contributed by atoms with van der Waals surface area (Å²) in [6.45, 7) is 6.17. The Morgan fingerprint density at radius 3 is 2.88 bits per heavy atom. The van der Waals surface area contributed by atoms with Crippen molar-refractivity contribution in [3.05, 3.63) is 34.4 Å². The van der Waals surface area contributed by atoms with Crippen LogP contribution in [0.5, 0.6) is 0 Å². The number of nitro groups is 1. The van der Waals surface area contributed by atoms with Crippen LogP contribution in [-0.4, -0.2) is 62.2 Å². The lowest BCUT2D eigenvalue weighted by molar-refractivity contribution is -0.384. The average Bonchev–Trinajstić information content (AvgIpc) is 3.45. The molecule has 26 heavy (non-hydrogen) atoms. The Bertz CT molecular complexity index is 604. The Hall–Kier alpha value is -2.35. The fourth-order valence-electron chi connectivity index (χ4n) is 2.45. The van der Waals surface area contributed by atoms with E-state index in [9.17, 15) is 10.1 Å². The summed E-state index contributed by atoms with van der Waals surface area (Å²) in [6, 6.07) is 6.63. The van der Waals surface area contributed by atoms with E-state index < -0.39 is 0 Å². The first kappa shape index (κ1) is 20.0. The minimum Gasteiger partial charge on any atom is -0.379 e. The first-order chi connectivity index (χ1) is 12.6. The van der Waals surface area contributed by atoms with Gasteiger partial charge in [0.25, 0.3) is 5.69 Å². The number of nitrogens with one attached hydrogen (secondary N) is 2. The maximum atomic E-state index is 11.0. The molecule has 0 spiro atoms. The number of benzene rings is 1. The van der Waals surface area contributed by atoms with Crippen LogP contribution >= 0.6 is 0 Å². The summed E-state index contributed by atoms with van der Waals surface area (Å²) >= 11 is 0. The molecule has 0 unspecified atom stereocenters. The van der Waals surface area contributed by atoms with E-state index in [0.29, 0.717) is 25.4 Å². The van der Waals surface area contributed by atoms with Crippen LogP contribution in [0, 0.1) is 16.0 Å². The lowest BCUT2D eigenvalue weighted by atomic mass is 10.2. The van der Waals surface area contributed by atoms with Gasteiger partial charge in [-0.25, -0.2) is 0 Å². The quantitative estimate of drug-likeness (QED) is 0.206. The number of hydrogen-bond donors (Lipinski definition) is 2. The Balaban J connectivity index is 1.77. The highest BCUT2D eigenvalue weighted by molar-refractivity contribution is 5.79. The molecule has 1 fully saturated rings. The van der Waals surface area contributed by atoms with Crippen LogP contribution < -0.4 is 10.6 Å². The molecule has 0 aromatic heterocycles. The molecule has 1 aliphatic rings. The largest absolute Gasteiger partial charge is 0.379 e. The second-order valence-electron chi connectivity index (χ2n) is 6.38. The molecule has 0 amide bonds. The third kappa shape index (κ3) is 6.87. The van der Waals surface area contributed by atoms with Crippen molar-refractivity contribution in [3.8, 4) is 0 Å². The monoisotopic (exact) mass is 363 g/mol. The first-order valence-electron chi connectivity index (χ1n) is 9.16. The summed E-state index contributed by atoms with van der Waals surface area (Å²) < 4.78 is 5.67. The summed E-state index contributed by atoms with van der Waals surface area (Å²) in [5.74, 6) is 1.59. The number of rotatable bonds is 11. The molecule has 0 bridgehead atoms. The number of likely N-dealkylation sites (N-methyl/N-ethyl adjacent to an activating group) is 1. The molecule has 8 nitrogen and oxygen atoms in total. The van der Waals surface area contributed by atoms with Crippen molar-refractivity contribution in [1.29, 1.82) is 0 Å². The van der Waals surface area contributed by atoms with Crippen LogP contribution in [0.25, 0.3) is 0 Å². The number of nitrogens with zero attached hydrogens (tertiary/aromatic N) is 3. The fraction of sp³-hybridized carbons (Fsp3) is 0.611. The molecular formula is C18H29N5O3. The van der Waals surface area contributed by atoms with Gasteiger partial charge in [0.05, 0.1) is 18.1 Å². The zero-order chi connectivity index (χ0) is 18.8. The number of para-hydroxylation sites is 2. The van der Waals surface area contributed by atoms with Gasteiger partial charge >= 0.3 is 0 Å². The third-order valence-electron chi connectivity index (χ3n) is 4.11. The topological polar surface area (TPSA) is 92.0 Å². The van der Waals surface area contributed by atoms with Crippen molar-refractivity contribution >= 4 is 17.3 Å². The van der Waals surface area contributed by atoms with Crippen molar-refractivity contribution in [2.24, 2.45) is 10.9 Å². The number of guanidine groups is 1. The molecule has 2 N–H and O–H groups in total. The van der Waals surface area contributed by atoms with E-state index in [0.717, 1.165) is 31.6 Å². The summed E-state index contributed by atoms with van der Waals surface area (Å²) in [6.07, 6.45) is 2.60. The van der Waals surface area contributed by atoms with Crippen molar-refractivity contribution in [2.75, 3.05) is 51.8 Å². The maximum absolute atomic E-state index is 11.0. The van der Waals surface area contributed by atoms with Crippen molar-refractivity contribution in [1.82, 2.24) is 10.2 Å². The van der Waals surface area contributed by atoms with Crippen LogP contribution in [0.2, 0.25) is 0 Å².